The van der Waals surface area contributed by atoms with E-state index in [1.165, 1.54) is 0 Å². The molecule has 1 N–H and O–H groups in total. The Morgan fingerprint density at radius 1 is 0.971 bits per heavy atom. The highest BCUT2D eigenvalue weighted by atomic mass is 16.3. The molecule has 2 amide bonds. The number of fused-ring (bicyclic) bond motifs is 1. The molecular weight excluding hydrogens is 442 g/mol. The number of pyridine rings is 1. The number of aromatic nitrogens is 1. The Hall–Kier alpha value is -4.12. The summed E-state index contributed by atoms with van der Waals surface area (Å²) in [7, 11) is 0. The number of phenols is 1. The van der Waals surface area contributed by atoms with Gasteiger partial charge in [0.2, 0.25) is 5.91 Å². The van der Waals surface area contributed by atoms with Crippen LogP contribution >= 0.6 is 0 Å². The third-order valence-corrected chi connectivity index (χ3v) is 6.94. The smallest absolute Gasteiger partial charge is 0.258 e. The molecule has 0 aliphatic carbocycles. The van der Waals surface area contributed by atoms with Gasteiger partial charge in [0.05, 0.1) is 11.1 Å². The van der Waals surface area contributed by atoms with Gasteiger partial charge in [-0.2, -0.15) is 5.26 Å². The van der Waals surface area contributed by atoms with Crippen molar-refractivity contribution >= 4 is 28.4 Å². The van der Waals surface area contributed by atoms with Gasteiger partial charge in [-0.05, 0) is 42.8 Å². The fourth-order valence-electron chi connectivity index (χ4n) is 5.15. The molecule has 178 valence electrons. The molecule has 3 aromatic rings. The van der Waals surface area contributed by atoms with E-state index < -0.39 is 6.04 Å². The Balaban J connectivity index is 1.32. The van der Waals surface area contributed by atoms with Gasteiger partial charge in [-0.25, -0.2) is 4.98 Å². The van der Waals surface area contributed by atoms with Gasteiger partial charge in [0.25, 0.3) is 5.91 Å². The zero-order chi connectivity index (χ0) is 24.4. The van der Waals surface area contributed by atoms with Crippen molar-refractivity contribution in [2.75, 3.05) is 37.6 Å². The first-order valence-electron chi connectivity index (χ1n) is 12.0. The summed E-state index contributed by atoms with van der Waals surface area (Å²) in [5.41, 5.74) is 0.750. The van der Waals surface area contributed by atoms with Crippen molar-refractivity contribution in [3.63, 3.8) is 0 Å². The average Bonchev–Trinajstić information content (AvgIpc) is 3.26. The van der Waals surface area contributed by atoms with Gasteiger partial charge in [-0.15, -0.1) is 0 Å². The molecule has 1 aromatic heterocycles. The molecule has 0 bridgehead atoms. The van der Waals surface area contributed by atoms with Crippen molar-refractivity contribution in [3.8, 4) is 11.8 Å². The normalized spacial score (nSPS) is 18.4. The second-order valence-electron chi connectivity index (χ2n) is 8.99. The molecule has 8 nitrogen and oxygen atoms in total. The number of aromatic hydroxyl groups is 1. The summed E-state index contributed by atoms with van der Waals surface area (Å²) in [5.74, 6) is 0.237. The van der Waals surface area contributed by atoms with Crippen LogP contribution in [0.4, 0.5) is 5.82 Å². The van der Waals surface area contributed by atoms with Gasteiger partial charge in [0.1, 0.15) is 23.7 Å². The van der Waals surface area contributed by atoms with Crippen LogP contribution in [0.3, 0.4) is 0 Å². The molecule has 0 spiro atoms. The van der Waals surface area contributed by atoms with E-state index in [0.717, 1.165) is 18.2 Å². The minimum atomic E-state index is -0.538. The number of carbonyl (C=O) groups is 2. The van der Waals surface area contributed by atoms with Crippen LogP contribution in [0, 0.1) is 11.3 Å². The number of likely N-dealkylation sites (tertiary alicyclic amines) is 1. The number of carbonyl (C=O) groups excluding carboxylic acids is 2. The van der Waals surface area contributed by atoms with Gasteiger partial charge in [-0.3, -0.25) is 9.59 Å². The van der Waals surface area contributed by atoms with E-state index in [4.69, 9.17) is 0 Å². The number of anilines is 1. The molecule has 5 rings (SSSR count). The molecule has 0 radical (unpaired) electrons. The number of amides is 2. The van der Waals surface area contributed by atoms with Gasteiger partial charge >= 0.3 is 0 Å². The highest BCUT2D eigenvalue weighted by molar-refractivity contribution is 6.05. The van der Waals surface area contributed by atoms with Crippen LogP contribution in [-0.2, 0) is 4.79 Å². The number of rotatable bonds is 3. The highest BCUT2D eigenvalue weighted by Crippen LogP contribution is 2.32. The Morgan fingerprint density at radius 3 is 2.69 bits per heavy atom. The van der Waals surface area contributed by atoms with Crippen LogP contribution < -0.4 is 4.90 Å². The molecule has 35 heavy (non-hydrogen) atoms. The second-order valence-corrected chi connectivity index (χ2v) is 8.99. The lowest BCUT2D eigenvalue weighted by molar-refractivity contribution is -0.135. The molecule has 8 heteroatoms. The van der Waals surface area contributed by atoms with E-state index in [1.54, 1.807) is 35.4 Å². The summed E-state index contributed by atoms with van der Waals surface area (Å²) in [5, 5.41) is 21.7. The fraction of sp³-hybridized carbons (Fsp3) is 0.333. The predicted molar refractivity (Wildman–Crippen MR) is 132 cm³/mol. The van der Waals surface area contributed by atoms with E-state index in [-0.39, 0.29) is 23.1 Å². The van der Waals surface area contributed by atoms with Crippen LogP contribution in [0.5, 0.6) is 5.75 Å². The van der Waals surface area contributed by atoms with Gasteiger partial charge in [-0.1, -0.05) is 30.3 Å². The molecule has 2 aromatic carbocycles. The summed E-state index contributed by atoms with van der Waals surface area (Å²) in [6.45, 7) is 2.85. The largest absolute Gasteiger partial charge is 0.506 e. The molecule has 0 saturated carbocycles. The van der Waals surface area contributed by atoms with Crippen LogP contribution in [0.2, 0.25) is 0 Å². The number of nitriles is 1. The monoisotopic (exact) mass is 469 g/mol. The highest BCUT2D eigenvalue weighted by Gasteiger charge is 2.38. The van der Waals surface area contributed by atoms with Crippen LogP contribution in [0.25, 0.3) is 10.8 Å². The average molecular weight is 470 g/mol. The summed E-state index contributed by atoms with van der Waals surface area (Å²) in [6, 6.07) is 16.0. The number of hydrogen-bond acceptors (Lipinski definition) is 6. The third-order valence-electron chi connectivity index (χ3n) is 6.94. The maximum Gasteiger partial charge on any atom is 0.258 e. The first-order valence-corrected chi connectivity index (χ1v) is 12.0. The van der Waals surface area contributed by atoms with Crippen molar-refractivity contribution in [3.05, 3.63) is 65.9 Å². The van der Waals surface area contributed by atoms with Crippen LogP contribution in [-0.4, -0.2) is 70.5 Å². The Kier molecular flexibility index (Phi) is 6.23. The Morgan fingerprint density at radius 2 is 1.83 bits per heavy atom. The molecule has 2 fully saturated rings. The van der Waals surface area contributed by atoms with Gasteiger partial charge < -0.3 is 19.8 Å². The Bertz CT molecular complexity index is 1320. The first-order chi connectivity index (χ1) is 17.1. The fourth-order valence-corrected chi connectivity index (χ4v) is 5.15. The maximum absolute atomic E-state index is 13.5. The summed E-state index contributed by atoms with van der Waals surface area (Å²) in [4.78, 5) is 36.9. The van der Waals surface area contributed by atoms with Gasteiger partial charge in [0.15, 0.2) is 0 Å². The second kappa shape index (κ2) is 9.63. The zero-order valence-corrected chi connectivity index (χ0v) is 19.4. The molecule has 2 aliphatic heterocycles. The lowest BCUT2D eigenvalue weighted by atomic mass is 10.0. The molecule has 1 unspecified atom stereocenters. The standard InChI is InChI=1S/C27H27N5O3/c28-18-20-7-3-12-29-25(20)30-13-5-14-31(17-16-30)27(35)23-9-4-15-32(23)26(34)22-11-10-19-6-1-2-8-21(19)24(22)33/h1-3,6-8,10-12,23,33H,4-5,9,13-17H2. The van der Waals surface area contributed by atoms with E-state index in [0.29, 0.717) is 55.9 Å². The van der Waals surface area contributed by atoms with E-state index in [2.05, 4.69) is 16.0 Å². The van der Waals surface area contributed by atoms with E-state index in [9.17, 15) is 20.0 Å². The molecule has 3 heterocycles. The Labute approximate surface area is 204 Å². The summed E-state index contributed by atoms with van der Waals surface area (Å²) in [6.07, 6.45) is 3.78. The number of nitrogens with zero attached hydrogens (tertiary/aromatic N) is 5. The third kappa shape index (κ3) is 4.26. The van der Waals surface area contributed by atoms with Crippen LogP contribution in [0.15, 0.2) is 54.7 Å². The van der Waals surface area contributed by atoms with Crippen molar-refractivity contribution in [1.82, 2.24) is 14.8 Å². The SMILES string of the molecule is N#Cc1cccnc1N1CCCN(C(=O)C2CCCN2C(=O)c2ccc3ccccc3c2O)CC1. The topological polar surface area (TPSA) is 101 Å². The molecule has 2 aliphatic rings. The molecule has 2 saturated heterocycles. The predicted octanol–water partition coefficient (Wildman–Crippen LogP) is 3.16. The van der Waals surface area contributed by atoms with Crippen LogP contribution in [0.1, 0.15) is 35.2 Å². The maximum atomic E-state index is 13.5. The first kappa shape index (κ1) is 22.7. The van der Waals surface area contributed by atoms with Gasteiger partial charge in [0, 0.05) is 44.3 Å². The zero-order valence-electron chi connectivity index (χ0n) is 19.4. The van der Waals surface area contributed by atoms with Crippen molar-refractivity contribution in [2.24, 2.45) is 0 Å². The minimum Gasteiger partial charge on any atom is -0.506 e. The lowest BCUT2D eigenvalue weighted by Crippen LogP contribution is -2.48. The summed E-state index contributed by atoms with van der Waals surface area (Å²) >= 11 is 0. The number of benzene rings is 2. The minimum absolute atomic E-state index is 0.0414. The molecule has 1 atom stereocenters. The lowest BCUT2D eigenvalue weighted by Gasteiger charge is -2.30. The number of hydrogen-bond donors (Lipinski definition) is 1. The number of phenolic OH excluding ortho intramolecular Hbond substituents is 1. The quantitative estimate of drug-likeness (QED) is 0.633. The van der Waals surface area contributed by atoms with E-state index >= 15 is 0 Å². The van der Waals surface area contributed by atoms with Crippen molar-refractivity contribution < 1.29 is 14.7 Å². The van der Waals surface area contributed by atoms with E-state index in [1.807, 2.05) is 29.2 Å². The van der Waals surface area contributed by atoms with Crippen molar-refractivity contribution in [2.45, 2.75) is 25.3 Å². The van der Waals surface area contributed by atoms with Crippen molar-refractivity contribution in [1.29, 1.82) is 5.26 Å². The molecular formula is C27H27N5O3. The summed E-state index contributed by atoms with van der Waals surface area (Å²) < 4.78 is 0.